The standard InChI is InChI=1S/C14H12O4/c1-10(16)11-2-4-12(5-3-11)17-9-14-7-6-13(8-15)18-14/h2-8H,9H2,1H3. The van der Waals surface area contributed by atoms with Crippen molar-refractivity contribution in [2.24, 2.45) is 0 Å². The molecule has 0 aliphatic rings. The number of Topliss-reactive ketones (excluding diaryl/α,β-unsaturated/α-hetero) is 1. The van der Waals surface area contributed by atoms with E-state index in [1.54, 1.807) is 36.4 Å². The molecule has 4 heteroatoms. The number of hydrogen-bond donors (Lipinski definition) is 0. The highest BCUT2D eigenvalue weighted by Gasteiger charge is 2.03. The topological polar surface area (TPSA) is 56.5 Å². The molecule has 2 aromatic rings. The van der Waals surface area contributed by atoms with Gasteiger partial charge in [0.1, 0.15) is 18.1 Å². The second kappa shape index (κ2) is 5.31. The molecule has 0 aliphatic heterocycles. The Bertz CT molecular complexity index is 551. The Morgan fingerprint density at radius 1 is 1.22 bits per heavy atom. The van der Waals surface area contributed by atoms with Gasteiger partial charge in [-0.15, -0.1) is 0 Å². The summed E-state index contributed by atoms with van der Waals surface area (Å²) in [7, 11) is 0. The molecule has 0 N–H and O–H groups in total. The van der Waals surface area contributed by atoms with Crippen molar-refractivity contribution in [1.82, 2.24) is 0 Å². The van der Waals surface area contributed by atoms with Gasteiger partial charge < -0.3 is 9.15 Å². The zero-order valence-corrected chi connectivity index (χ0v) is 9.88. The molecule has 0 saturated carbocycles. The average molecular weight is 244 g/mol. The van der Waals surface area contributed by atoms with E-state index in [4.69, 9.17) is 9.15 Å². The highest BCUT2D eigenvalue weighted by molar-refractivity contribution is 5.94. The van der Waals surface area contributed by atoms with Gasteiger partial charge in [-0.2, -0.15) is 0 Å². The molecule has 0 unspecified atom stereocenters. The fraction of sp³-hybridized carbons (Fsp3) is 0.143. The second-order valence-corrected chi connectivity index (χ2v) is 3.79. The number of hydrogen-bond acceptors (Lipinski definition) is 4. The molecule has 1 aromatic heterocycles. The maximum Gasteiger partial charge on any atom is 0.185 e. The Morgan fingerprint density at radius 2 is 1.94 bits per heavy atom. The van der Waals surface area contributed by atoms with Crippen LogP contribution >= 0.6 is 0 Å². The first-order valence-electron chi connectivity index (χ1n) is 5.47. The van der Waals surface area contributed by atoms with Crippen LogP contribution in [0.5, 0.6) is 5.75 Å². The number of aldehydes is 1. The van der Waals surface area contributed by atoms with E-state index in [0.717, 1.165) is 0 Å². The van der Waals surface area contributed by atoms with Gasteiger partial charge in [0.25, 0.3) is 0 Å². The van der Waals surface area contributed by atoms with Crippen LogP contribution < -0.4 is 4.74 Å². The van der Waals surface area contributed by atoms with Crippen LogP contribution in [0.15, 0.2) is 40.8 Å². The summed E-state index contributed by atoms with van der Waals surface area (Å²) >= 11 is 0. The van der Waals surface area contributed by atoms with Crippen LogP contribution in [0.3, 0.4) is 0 Å². The summed E-state index contributed by atoms with van der Waals surface area (Å²) in [4.78, 5) is 21.5. The van der Waals surface area contributed by atoms with Crippen molar-refractivity contribution in [2.45, 2.75) is 13.5 Å². The molecule has 0 fully saturated rings. The average Bonchev–Trinajstić information content (AvgIpc) is 2.85. The van der Waals surface area contributed by atoms with Crippen LogP contribution in [-0.2, 0) is 6.61 Å². The van der Waals surface area contributed by atoms with Crippen LogP contribution in [0.1, 0.15) is 33.6 Å². The second-order valence-electron chi connectivity index (χ2n) is 3.79. The molecule has 0 amide bonds. The van der Waals surface area contributed by atoms with Crippen LogP contribution in [-0.4, -0.2) is 12.1 Å². The molecule has 0 radical (unpaired) electrons. The highest BCUT2D eigenvalue weighted by atomic mass is 16.5. The largest absolute Gasteiger partial charge is 0.486 e. The summed E-state index contributed by atoms with van der Waals surface area (Å²) in [6.45, 7) is 1.76. The Hall–Kier alpha value is -2.36. The van der Waals surface area contributed by atoms with Gasteiger partial charge in [0.05, 0.1) is 0 Å². The zero-order chi connectivity index (χ0) is 13.0. The Balaban J connectivity index is 1.97. The Kier molecular flexibility index (Phi) is 3.57. The highest BCUT2D eigenvalue weighted by Crippen LogP contribution is 2.15. The Labute approximate surface area is 104 Å². The number of benzene rings is 1. The fourth-order valence-electron chi connectivity index (χ4n) is 1.48. The van der Waals surface area contributed by atoms with Crippen LogP contribution in [0.4, 0.5) is 0 Å². The minimum Gasteiger partial charge on any atom is -0.486 e. The van der Waals surface area contributed by atoms with Gasteiger partial charge in [0, 0.05) is 5.56 Å². The molecule has 4 nitrogen and oxygen atoms in total. The summed E-state index contributed by atoms with van der Waals surface area (Å²) in [6, 6.07) is 10.1. The molecule has 0 atom stereocenters. The number of furan rings is 1. The van der Waals surface area contributed by atoms with Crippen molar-refractivity contribution in [2.75, 3.05) is 0 Å². The molecule has 18 heavy (non-hydrogen) atoms. The summed E-state index contributed by atoms with van der Waals surface area (Å²) in [5, 5.41) is 0. The van der Waals surface area contributed by atoms with Gasteiger partial charge in [-0.1, -0.05) is 0 Å². The van der Waals surface area contributed by atoms with E-state index >= 15 is 0 Å². The van der Waals surface area contributed by atoms with E-state index in [9.17, 15) is 9.59 Å². The van der Waals surface area contributed by atoms with Crippen molar-refractivity contribution in [1.29, 1.82) is 0 Å². The monoisotopic (exact) mass is 244 g/mol. The molecule has 0 spiro atoms. The van der Waals surface area contributed by atoms with Gasteiger partial charge in [0.2, 0.25) is 0 Å². The van der Waals surface area contributed by atoms with E-state index in [2.05, 4.69) is 0 Å². The maximum atomic E-state index is 11.1. The molecule has 2 rings (SSSR count). The van der Waals surface area contributed by atoms with Gasteiger partial charge in [-0.3, -0.25) is 9.59 Å². The van der Waals surface area contributed by atoms with Crippen molar-refractivity contribution in [3.8, 4) is 5.75 Å². The summed E-state index contributed by atoms with van der Waals surface area (Å²) < 4.78 is 10.6. The quantitative estimate of drug-likeness (QED) is 0.599. The van der Waals surface area contributed by atoms with Gasteiger partial charge in [-0.05, 0) is 43.3 Å². The Morgan fingerprint density at radius 3 is 2.50 bits per heavy atom. The number of ether oxygens (including phenoxy) is 1. The third kappa shape index (κ3) is 2.85. The lowest BCUT2D eigenvalue weighted by Crippen LogP contribution is -1.95. The molecule has 0 bridgehead atoms. The fourth-order valence-corrected chi connectivity index (χ4v) is 1.48. The van der Waals surface area contributed by atoms with E-state index in [-0.39, 0.29) is 18.2 Å². The summed E-state index contributed by atoms with van der Waals surface area (Å²) in [5.74, 6) is 1.51. The van der Waals surface area contributed by atoms with E-state index in [0.29, 0.717) is 23.4 Å². The van der Waals surface area contributed by atoms with Crippen molar-refractivity contribution >= 4 is 12.1 Å². The predicted molar refractivity (Wildman–Crippen MR) is 64.9 cm³/mol. The molecule has 92 valence electrons. The molecular weight excluding hydrogens is 232 g/mol. The zero-order valence-electron chi connectivity index (χ0n) is 9.88. The normalized spacial score (nSPS) is 10.1. The van der Waals surface area contributed by atoms with Crippen LogP contribution in [0.2, 0.25) is 0 Å². The minimum absolute atomic E-state index is 0.0169. The molecular formula is C14H12O4. The molecule has 1 aromatic carbocycles. The number of carbonyl (C=O) groups is 2. The first kappa shape index (κ1) is 12.1. The first-order valence-corrected chi connectivity index (χ1v) is 5.47. The third-order valence-electron chi connectivity index (χ3n) is 2.44. The summed E-state index contributed by atoms with van der Waals surface area (Å²) in [5.41, 5.74) is 0.642. The van der Waals surface area contributed by atoms with Gasteiger partial charge in [0.15, 0.2) is 17.8 Å². The molecule has 0 saturated heterocycles. The van der Waals surface area contributed by atoms with Crippen LogP contribution in [0, 0.1) is 0 Å². The van der Waals surface area contributed by atoms with E-state index < -0.39 is 0 Å². The SMILES string of the molecule is CC(=O)c1ccc(OCc2ccc(C=O)o2)cc1. The third-order valence-corrected chi connectivity index (χ3v) is 2.44. The number of rotatable bonds is 5. The smallest absolute Gasteiger partial charge is 0.185 e. The molecule has 0 aliphatic carbocycles. The lowest BCUT2D eigenvalue weighted by Gasteiger charge is -2.04. The minimum atomic E-state index is 0.0169. The predicted octanol–water partition coefficient (Wildman–Crippen LogP) is 2.87. The lowest BCUT2D eigenvalue weighted by molar-refractivity contribution is 0.101. The maximum absolute atomic E-state index is 11.1. The van der Waals surface area contributed by atoms with Gasteiger partial charge >= 0.3 is 0 Å². The number of ketones is 1. The number of carbonyl (C=O) groups excluding carboxylic acids is 2. The summed E-state index contributed by atoms with van der Waals surface area (Å²) in [6.07, 6.45) is 0.644. The van der Waals surface area contributed by atoms with E-state index in [1.807, 2.05) is 0 Å². The van der Waals surface area contributed by atoms with Gasteiger partial charge in [-0.25, -0.2) is 0 Å². The first-order chi connectivity index (χ1) is 8.69. The molecule has 1 heterocycles. The lowest BCUT2D eigenvalue weighted by atomic mass is 10.1. The van der Waals surface area contributed by atoms with E-state index in [1.165, 1.54) is 6.92 Å². The van der Waals surface area contributed by atoms with Crippen LogP contribution in [0.25, 0.3) is 0 Å². The van der Waals surface area contributed by atoms with Crippen molar-refractivity contribution < 1.29 is 18.7 Å². The van der Waals surface area contributed by atoms with Crippen molar-refractivity contribution in [3.63, 3.8) is 0 Å². The van der Waals surface area contributed by atoms with Crippen molar-refractivity contribution in [3.05, 3.63) is 53.5 Å².